The molecule has 0 aliphatic carbocycles. The monoisotopic (exact) mass is 379 g/mol. The van der Waals surface area contributed by atoms with Crippen LogP contribution in [0, 0.1) is 6.92 Å². The zero-order valence-corrected chi connectivity index (χ0v) is 15.5. The molecule has 1 aromatic carbocycles. The predicted octanol–water partition coefficient (Wildman–Crippen LogP) is -0.348. The van der Waals surface area contributed by atoms with Crippen LogP contribution >= 0.6 is 0 Å². The first-order chi connectivity index (χ1) is 12.4. The number of amides is 1. The van der Waals surface area contributed by atoms with Crippen molar-refractivity contribution in [2.75, 3.05) is 38.0 Å². The van der Waals surface area contributed by atoms with E-state index in [1.54, 1.807) is 13.0 Å². The van der Waals surface area contributed by atoms with E-state index in [1.165, 1.54) is 4.31 Å². The number of nitrogens with one attached hydrogen (secondary N) is 2. The molecule has 8 nitrogen and oxygen atoms in total. The smallest absolute Gasteiger partial charge is 0.280 e. The molecule has 0 atom stereocenters. The number of hydrogen-bond acceptors (Lipinski definition) is 5. The number of nitrogens with zero attached hydrogens (tertiary/aromatic N) is 2. The molecule has 0 radical (unpaired) electrons. The highest BCUT2D eigenvalue weighted by atomic mass is 32.2. The van der Waals surface area contributed by atoms with Gasteiger partial charge in [0.25, 0.3) is 5.91 Å². The molecule has 0 bridgehead atoms. The molecule has 0 saturated carbocycles. The molecule has 26 heavy (non-hydrogen) atoms. The highest BCUT2D eigenvalue weighted by Gasteiger charge is 2.30. The van der Waals surface area contributed by atoms with Crippen molar-refractivity contribution >= 4 is 21.7 Å². The van der Waals surface area contributed by atoms with Gasteiger partial charge in [-0.25, -0.2) is 8.42 Å². The Balaban J connectivity index is 1.48. The second-order valence-corrected chi connectivity index (χ2v) is 8.41. The van der Waals surface area contributed by atoms with Crippen LogP contribution in [-0.2, 0) is 20.6 Å². The third-order valence-electron chi connectivity index (χ3n) is 4.32. The summed E-state index contributed by atoms with van der Waals surface area (Å²) < 4.78 is 31.5. The maximum atomic E-state index is 12.5. The number of quaternary nitrogens is 1. The summed E-state index contributed by atoms with van der Waals surface area (Å²) in [7, 11) is -3.34. The zero-order valence-electron chi connectivity index (χ0n) is 14.6. The average molecular weight is 379 g/mol. The van der Waals surface area contributed by atoms with Gasteiger partial charge in [-0.05, 0) is 12.5 Å². The summed E-state index contributed by atoms with van der Waals surface area (Å²) in [6.07, 6.45) is 0. The Labute approximate surface area is 152 Å². The molecular weight excluding hydrogens is 356 g/mol. The van der Waals surface area contributed by atoms with E-state index in [0.717, 1.165) is 10.5 Å². The number of benzene rings is 1. The first-order valence-electron chi connectivity index (χ1n) is 8.51. The lowest BCUT2D eigenvalue weighted by molar-refractivity contribution is -0.895. The molecule has 1 aliphatic heterocycles. The molecule has 0 spiro atoms. The van der Waals surface area contributed by atoms with Gasteiger partial charge in [0.15, 0.2) is 12.4 Å². The number of carbonyl (C=O) groups excluding carboxylic acids is 1. The van der Waals surface area contributed by atoms with Gasteiger partial charge in [0, 0.05) is 6.07 Å². The molecule has 3 rings (SSSR count). The lowest BCUT2D eigenvalue weighted by Gasteiger charge is -2.31. The highest BCUT2D eigenvalue weighted by Crippen LogP contribution is 2.11. The van der Waals surface area contributed by atoms with Crippen LogP contribution in [-0.4, -0.2) is 56.5 Å². The van der Waals surface area contributed by atoms with Crippen molar-refractivity contribution in [2.45, 2.75) is 12.7 Å². The summed E-state index contributed by atoms with van der Waals surface area (Å²) >= 11 is 0. The Morgan fingerprint density at radius 2 is 1.96 bits per heavy atom. The van der Waals surface area contributed by atoms with Crippen LogP contribution in [0.25, 0.3) is 0 Å². The maximum absolute atomic E-state index is 12.5. The minimum atomic E-state index is -3.34. The molecular formula is C17H23N4O4S+. The Hall–Kier alpha value is -2.23. The van der Waals surface area contributed by atoms with Gasteiger partial charge in [-0.1, -0.05) is 35.5 Å². The Kier molecular flexibility index (Phi) is 5.70. The van der Waals surface area contributed by atoms with Gasteiger partial charge in [0.05, 0.1) is 31.9 Å². The summed E-state index contributed by atoms with van der Waals surface area (Å²) in [5.74, 6) is 0.879. The minimum Gasteiger partial charge on any atom is -0.360 e. The standard InChI is InChI=1S/C17H22N4O4S/c1-14-11-16(19-25-14)18-17(22)12-20-7-9-21(10-8-20)26(23,24)13-15-5-3-2-4-6-15/h2-6,11H,7-10,12-13H2,1H3,(H,18,19,22)/p+1. The van der Waals surface area contributed by atoms with E-state index in [1.807, 2.05) is 30.3 Å². The zero-order chi connectivity index (χ0) is 18.6. The summed E-state index contributed by atoms with van der Waals surface area (Å²) in [4.78, 5) is 13.1. The molecule has 2 aromatic rings. The summed E-state index contributed by atoms with van der Waals surface area (Å²) in [6.45, 7) is 4.06. The fourth-order valence-electron chi connectivity index (χ4n) is 2.97. The summed E-state index contributed by atoms with van der Waals surface area (Å²) in [6, 6.07) is 10.8. The average Bonchev–Trinajstić information content (AvgIpc) is 3.00. The minimum absolute atomic E-state index is 0.00910. The summed E-state index contributed by atoms with van der Waals surface area (Å²) in [5, 5.41) is 6.42. The molecule has 1 aliphatic rings. The molecule has 0 unspecified atom stereocenters. The van der Waals surface area contributed by atoms with Crippen LogP contribution in [0.1, 0.15) is 11.3 Å². The Bertz CT molecular complexity index is 843. The lowest BCUT2D eigenvalue weighted by atomic mass is 10.2. The van der Waals surface area contributed by atoms with Crippen molar-refractivity contribution in [3.63, 3.8) is 0 Å². The fraction of sp³-hybridized carbons (Fsp3) is 0.412. The van der Waals surface area contributed by atoms with Gasteiger partial charge in [-0.2, -0.15) is 4.31 Å². The lowest BCUT2D eigenvalue weighted by Crippen LogP contribution is -3.15. The van der Waals surface area contributed by atoms with E-state index in [-0.39, 0.29) is 18.2 Å². The van der Waals surface area contributed by atoms with Gasteiger partial charge in [0.1, 0.15) is 5.76 Å². The van der Waals surface area contributed by atoms with E-state index in [0.29, 0.717) is 37.8 Å². The van der Waals surface area contributed by atoms with E-state index >= 15 is 0 Å². The highest BCUT2D eigenvalue weighted by molar-refractivity contribution is 7.88. The molecule has 9 heteroatoms. The van der Waals surface area contributed by atoms with Gasteiger partial charge in [0.2, 0.25) is 10.0 Å². The topological polar surface area (TPSA) is 97.0 Å². The van der Waals surface area contributed by atoms with Crippen LogP contribution in [0.5, 0.6) is 0 Å². The van der Waals surface area contributed by atoms with Crippen molar-refractivity contribution in [1.29, 1.82) is 0 Å². The molecule has 2 heterocycles. The normalized spacial score (nSPS) is 16.5. The molecule has 1 saturated heterocycles. The van der Waals surface area contributed by atoms with Gasteiger partial charge in [-0.3, -0.25) is 4.79 Å². The van der Waals surface area contributed by atoms with E-state index in [4.69, 9.17) is 4.52 Å². The maximum Gasteiger partial charge on any atom is 0.280 e. The van der Waals surface area contributed by atoms with Crippen LogP contribution in [0.15, 0.2) is 40.9 Å². The van der Waals surface area contributed by atoms with Gasteiger partial charge in [-0.15, -0.1) is 0 Å². The van der Waals surface area contributed by atoms with Crippen molar-refractivity contribution in [3.05, 3.63) is 47.7 Å². The first kappa shape index (κ1) is 18.6. The number of rotatable bonds is 6. The number of aryl methyl sites for hydroxylation is 1. The number of anilines is 1. The second kappa shape index (κ2) is 7.98. The fourth-order valence-corrected chi connectivity index (χ4v) is 4.51. The molecule has 1 aromatic heterocycles. The number of piperazine rings is 1. The quantitative estimate of drug-likeness (QED) is 0.715. The molecule has 140 valence electrons. The van der Waals surface area contributed by atoms with Crippen molar-refractivity contribution in [3.8, 4) is 0 Å². The first-order valence-corrected chi connectivity index (χ1v) is 10.1. The van der Waals surface area contributed by atoms with Crippen molar-refractivity contribution < 1.29 is 22.6 Å². The van der Waals surface area contributed by atoms with Crippen molar-refractivity contribution in [2.24, 2.45) is 0 Å². The van der Waals surface area contributed by atoms with E-state index in [9.17, 15) is 13.2 Å². The third-order valence-corrected chi connectivity index (χ3v) is 6.17. The van der Waals surface area contributed by atoms with Crippen LogP contribution in [0.4, 0.5) is 5.82 Å². The van der Waals surface area contributed by atoms with E-state index < -0.39 is 10.0 Å². The molecule has 1 fully saturated rings. The number of aromatic nitrogens is 1. The number of hydrogen-bond donors (Lipinski definition) is 2. The number of carbonyl (C=O) groups is 1. The van der Waals surface area contributed by atoms with Crippen molar-refractivity contribution in [1.82, 2.24) is 9.46 Å². The molecule has 2 N–H and O–H groups in total. The SMILES string of the molecule is Cc1cc(NC(=O)C[NH+]2CCN(S(=O)(=O)Cc3ccccc3)CC2)no1. The van der Waals surface area contributed by atoms with Gasteiger partial charge < -0.3 is 14.7 Å². The van der Waals surface area contributed by atoms with Crippen LogP contribution in [0.2, 0.25) is 0 Å². The Morgan fingerprint density at radius 3 is 2.58 bits per heavy atom. The number of sulfonamides is 1. The van der Waals surface area contributed by atoms with Crippen LogP contribution < -0.4 is 10.2 Å². The second-order valence-electron chi connectivity index (χ2n) is 6.44. The molecule has 1 amide bonds. The summed E-state index contributed by atoms with van der Waals surface area (Å²) in [5.41, 5.74) is 0.782. The Morgan fingerprint density at radius 1 is 1.27 bits per heavy atom. The van der Waals surface area contributed by atoms with E-state index in [2.05, 4.69) is 10.5 Å². The van der Waals surface area contributed by atoms with Gasteiger partial charge >= 0.3 is 0 Å². The predicted molar refractivity (Wildman–Crippen MR) is 96.1 cm³/mol. The largest absolute Gasteiger partial charge is 0.360 e. The van der Waals surface area contributed by atoms with Crippen LogP contribution in [0.3, 0.4) is 0 Å². The third kappa shape index (κ3) is 4.90.